The van der Waals surface area contributed by atoms with E-state index in [2.05, 4.69) is 6.92 Å². The number of ether oxygens (including phenoxy) is 2. The van der Waals surface area contributed by atoms with Gasteiger partial charge in [0.15, 0.2) is 0 Å². The van der Waals surface area contributed by atoms with E-state index in [4.69, 9.17) is 9.47 Å². The van der Waals surface area contributed by atoms with E-state index in [0.717, 1.165) is 31.2 Å². The SMILES string of the molecule is CCCCC(COC)OC(=O)c1ccccc1CC. The van der Waals surface area contributed by atoms with Crippen LogP contribution in [0.25, 0.3) is 0 Å². The Bertz CT molecular complexity index is 387. The van der Waals surface area contributed by atoms with Gasteiger partial charge >= 0.3 is 5.97 Å². The Morgan fingerprint density at radius 3 is 2.63 bits per heavy atom. The van der Waals surface area contributed by atoms with Gasteiger partial charge in [0, 0.05) is 7.11 Å². The van der Waals surface area contributed by atoms with E-state index in [1.54, 1.807) is 7.11 Å². The van der Waals surface area contributed by atoms with Crippen LogP contribution in [-0.2, 0) is 15.9 Å². The molecule has 1 rings (SSSR count). The number of hydrogen-bond donors (Lipinski definition) is 0. The molecule has 3 nitrogen and oxygen atoms in total. The molecule has 1 aromatic rings. The van der Waals surface area contributed by atoms with Crippen LogP contribution in [0, 0.1) is 0 Å². The van der Waals surface area contributed by atoms with E-state index in [9.17, 15) is 4.79 Å². The average Bonchev–Trinajstić information content (AvgIpc) is 2.44. The molecular weight excluding hydrogens is 240 g/mol. The van der Waals surface area contributed by atoms with Gasteiger partial charge in [-0.15, -0.1) is 0 Å². The van der Waals surface area contributed by atoms with Gasteiger partial charge in [-0.1, -0.05) is 38.5 Å². The Morgan fingerprint density at radius 2 is 2.00 bits per heavy atom. The van der Waals surface area contributed by atoms with Gasteiger partial charge in [0.25, 0.3) is 0 Å². The molecule has 0 N–H and O–H groups in total. The molecule has 0 aliphatic heterocycles. The lowest BCUT2D eigenvalue weighted by Gasteiger charge is -2.17. The molecule has 0 saturated heterocycles. The summed E-state index contributed by atoms with van der Waals surface area (Å²) in [4.78, 5) is 12.2. The molecule has 0 fully saturated rings. The molecule has 0 radical (unpaired) electrons. The second-order valence-corrected chi connectivity index (χ2v) is 4.64. The van der Waals surface area contributed by atoms with Crippen molar-refractivity contribution < 1.29 is 14.3 Å². The number of carbonyl (C=O) groups excluding carboxylic acids is 1. The molecule has 3 heteroatoms. The van der Waals surface area contributed by atoms with Crippen molar-refractivity contribution in [2.45, 2.75) is 45.6 Å². The Morgan fingerprint density at radius 1 is 1.26 bits per heavy atom. The summed E-state index contributed by atoms with van der Waals surface area (Å²) < 4.78 is 10.7. The highest BCUT2D eigenvalue weighted by Gasteiger charge is 2.17. The highest BCUT2D eigenvalue weighted by molar-refractivity contribution is 5.91. The van der Waals surface area contributed by atoms with Gasteiger partial charge in [-0.2, -0.15) is 0 Å². The Kier molecular flexibility index (Phi) is 7.19. The van der Waals surface area contributed by atoms with Crippen LogP contribution in [0.1, 0.15) is 49.0 Å². The molecule has 0 aliphatic rings. The first kappa shape index (κ1) is 15.7. The maximum Gasteiger partial charge on any atom is 0.338 e. The summed E-state index contributed by atoms with van der Waals surface area (Å²) in [5, 5.41) is 0. The summed E-state index contributed by atoms with van der Waals surface area (Å²) in [6.07, 6.45) is 3.65. The summed E-state index contributed by atoms with van der Waals surface area (Å²) in [5.41, 5.74) is 1.70. The van der Waals surface area contributed by atoms with Gasteiger partial charge in [0.05, 0.1) is 12.2 Å². The van der Waals surface area contributed by atoms with Crippen LogP contribution in [0.15, 0.2) is 24.3 Å². The van der Waals surface area contributed by atoms with E-state index < -0.39 is 0 Å². The lowest BCUT2D eigenvalue weighted by molar-refractivity contribution is 0.00242. The third kappa shape index (κ3) is 5.03. The minimum atomic E-state index is -0.240. The van der Waals surface area contributed by atoms with Gasteiger partial charge in [0.1, 0.15) is 6.10 Å². The van der Waals surface area contributed by atoms with Crippen LogP contribution >= 0.6 is 0 Å². The second kappa shape index (κ2) is 8.70. The Hall–Kier alpha value is -1.35. The van der Waals surface area contributed by atoms with E-state index in [-0.39, 0.29) is 12.1 Å². The van der Waals surface area contributed by atoms with Gasteiger partial charge in [-0.05, 0) is 30.9 Å². The predicted molar refractivity (Wildman–Crippen MR) is 76.4 cm³/mol. The molecule has 19 heavy (non-hydrogen) atoms. The van der Waals surface area contributed by atoms with Crippen molar-refractivity contribution in [3.8, 4) is 0 Å². The fourth-order valence-electron chi connectivity index (χ4n) is 2.04. The number of rotatable bonds is 8. The molecule has 1 unspecified atom stereocenters. The van der Waals surface area contributed by atoms with Crippen LogP contribution in [0.4, 0.5) is 0 Å². The quantitative estimate of drug-likeness (QED) is 0.673. The molecular formula is C16H24O3. The van der Waals surface area contributed by atoms with Crippen LogP contribution in [0.5, 0.6) is 0 Å². The van der Waals surface area contributed by atoms with E-state index in [1.165, 1.54) is 0 Å². The summed E-state index contributed by atoms with van der Waals surface area (Å²) in [7, 11) is 1.63. The van der Waals surface area contributed by atoms with E-state index >= 15 is 0 Å². The molecule has 0 aromatic heterocycles. The molecule has 1 aromatic carbocycles. The highest BCUT2D eigenvalue weighted by Crippen LogP contribution is 2.14. The summed E-state index contributed by atoms with van der Waals surface area (Å²) in [6.45, 7) is 4.62. The first-order chi connectivity index (χ1) is 9.22. The summed E-state index contributed by atoms with van der Waals surface area (Å²) >= 11 is 0. The monoisotopic (exact) mass is 264 g/mol. The third-order valence-corrected chi connectivity index (χ3v) is 3.12. The Labute approximate surface area is 115 Å². The standard InChI is InChI=1S/C16H24O3/c1-4-6-10-14(12-18-3)19-16(17)15-11-8-7-9-13(15)5-2/h7-9,11,14H,4-6,10,12H2,1-3H3. The first-order valence-electron chi connectivity index (χ1n) is 7.00. The topological polar surface area (TPSA) is 35.5 Å². The summed E-state index contributed by atoms with van der Waals surface area (Å²) in [5.74, 6) is -0.240. The summed E-state index contributed by atoms with van der Waals surface area (Å²) in [6, 6.07) is 7.60. The molecule has 0 spiro atoms. The molecule has 1 atom stereocenters. The van der Waals surface area contributed by atoms with Crippen LogP contribution in [0.3, 0.4) is 0 Å². The van der Waals surface area contributed by atoms with Crippen LogP contribution < -0.4 is 0 Å². The van der Waals surface area contributed by atoms with Crippen molar-refractivity contribution in [1.82, 2.24) is 0 Å². The number of hydrogen-bond acceptors (Lipinski definition) is 3. The lowest BCUT2D eigenvalue weighted by atomic mass is 10.1. The maximum absolute atomic E-state index is 12.2. The molecule has 0 saturated carbocycles. The van der Waals surface area contributed by atoms with E-state index in [0.29, 0.717) is 12.2 Å². The molecule has 106 valence electrons. The normalized spacial score (nSPS) is 12.2. The van der Waals surface area contributed by atoms with Gasteiger partial charge in [-0.25, -0.2) is 4.79 Å². The maximum atomic E-state index is 12.2. The number of esters is 1. The molecule has 0 bridgehead atoms. The smallest absolute Gasteiger partial charge is 0.338 e. The van der Waals surface area contributed by atoms with E-state index in [1.807, 2.05) is 31.2 Å². The van der Waals surface area contributed by atoms with Crippen LogP contribution in [-0.4, -0.2) is 25.8 Å². The zero-order chi connectivity index (χ0) is 14.1. The number of aryl methyl sites for hydroxylation is 1. The lowest BCUT2D eigenvalue weighted by Crippen LogP contribution is -2.23. The molecule has 0 heterocycles. The fraction of sp³-hybridized carbons (Fsp3) is 0.562. The zero-order valence-electron chi connectivity index (χ0n) is 12.1. The molecule has 0 aliphatic carbocycles. The second-order valence-electron chi connectivity index (χ2n) is 4.64. The minimum absolute atomic E-state index is 0.151. The van der Waals surface area contributed by atoms with Gasteiger partial charge < -0.3 is 9.47 Å². The Balaban J connectivity index is 2.69. The number of carbonyl (C=O) groups is 1. The zero-order valence-corrected chi connectivity index (χ0v) is 12.1. The van der Waals surface area contributed by atoms with Gasteiger partial charge in [-0.3, -0.25) is 0 Å². The minimum Gasteiger partial charge on any atom is -0.456 e. The number of unbranched alkanes of at least 4 members (excludes halogenated alkanes) is 1. The predicted octanol–water partition coefficient (Wildman–Crippen LogP) is 3.61. The number of methoxy groups -OCH3 is 1. The number of benzene rings is 1. The third-order valence-electron chi connectivity index (χ3n) is 3.12. The van der Waals surface area contributed by atoms with Crippen molar-refractivity contribution in [2.24, 2.45) is 0 Å². The van der Waals surface area contributed by atoms with Crippen molar-refractivity contribution in [3.05, 3.63) is 35.4 Å². The largest absolute Gasteiger partial charge is 0.456 e. The van der Waals surface area contributed by atoms with Crippen molar-refractivity contribution >= 4 is 5.97 Å². The van der Waals surface area contributed by atoms with Gasteiger partial charge in [0.2, 0.25) is 0 Å². The van der Waals surface area contributed by atoms with Crippen molar-refractivity contribution in [2.75, 3.05) is 13.7 Å². The fourth-order valence-corrected chi connectivity index (χ4v) is 2.04. The van der Waals surface area contributed by atoms with Crippen molar-refractivity contribution in [3.63, 3.8) is 0 Å². The van der Waals surface area contributed by atoms with Crippen molar-refractivity contribution in [1.29, 1.82) is 0 Å². The highest BCUT2D eigenvalue weighted by atomic mass is 16.6. The first-order valence-corrected chi connectivity index (χ1v) is 7.00. The molecule has 0 amide bonds. The van der Waals surface area contributed by atoms with Crippen LogP contribution in [0.2, 0.25) is 0 Å². The average molecular weight is 264 g/mol.